The van der Waals surface area contributed by atoms with Gasteiger partial charge >= 0.3 is 13.8 Å². The average molecular weight is 766 g/mol. The summed E-state index contributed by atoms with van der Waals surface area (Å²) in [6, 6.07) is 0. The molecule has 0 aliphatic carbocycles. The van der Waals surface area contributed by atoms with Gasteiger partial charge in [-0.1, -0.05) is 139 Å². The summed E-state index contributed by atoms with van der Waals surface area (Å²) >= 11 is 0. The monoisotopic (exact) mass is 766 g/mol. The zero-order valence-electron chi connectivity index (χ0n) is 33.4. The number of esters is 1. The molecule has 3 N–H and O–H groups in total. The zero-order valence-corrected chi connectivity index (χ0v) is 34.3. The van der Waals surface area contributed by atoms with E-state index in [-0.39, 0.29) is 32.1 Å². The van der Waals surface area contributed by atoms with Gasteiger partial charge in [0.15, 0.2) is 0 Å². The van der Waals surface area contributed by atoms with E-state index in [1.54, 1.807) is 0 Å². The molecule has 0 rings (SSSR count). The highest BCUT2D eigenvalue weighted by molar-refractivity contribution is 7.47. The fraction of sp³-hybridized carbons (Fsp3) is 0.721. The first-order valence-corrected chi connectivity index (χ1v) is 22.3. The van der Waals surface area contributed by atoms with Gasteiger partial charge in [0.1, 0.15) is 12.7 Å². The molecule has 0 aromatic rings. The van der Waals surface area contributed by atoms with Crippen molar-refractivity contribution in [3.63, 3.8) is 0 Å². The molecule has 0 radical (unpaired) electrons. The van der Waals surface area contributed by atoms with Gasteiger partial charge in [-0.3, -0.25) is 18.6 Å². The van der Waals surface area contributed by atoms with Crippen molar-refractivity contribution in [1.29, 1.82) is 0 Å². The topological polar surface area (TPSA) is 131 Å². The lowest BCUT2D eigenvalue weighted by Gasteiger charge is -2.15. The highest BCUT2D eigenvalue weighted by atomic mass is 31.2. The fourth-order valence-electron chi connectivity index (χ4n) is 5.25. The standard InChI is InChI=1S/C43H76NO8P/c1-3-5-7-9-11-13-15-17-18-19-20-21-22-24-25-27-29-31-33-35-42(46)44-37-38-51-53(48,49)52-40-41(45)39-50-43(47)36-34-32-30-28-26-23-16-14-12-10-8-6-4-2/h8,10-11,13-14,16-18,20-21,41,45H,3-7,9,12,15,19,22-40H2,1-2H3,(H,44,46)(H,48,49)/b10-8-,13-11-,16-14-,18-17-,21-20-. The number of unbranched alkanes of at least 4 members (excludes halogenated alkanes) is 15. The second-order valence-corrected chi connectivity index (χ2v) is 15.1. The summed E-state index contributed by atoms with van der Waals surface area (Å²) in [5.41, 5.74) is 0. The largest absolute Gasteiger partial charge is 0.472 e. The molecule has 0 saturated heterocycles. The van der Waals surface area contributed by atoms with Crippen LogP contribution in [0.15, 0.2) is 60.8 Å². The number of allylic oxidation sites excluding steroid dienone is 10. The number of rotatable bonds is 38. The van der Waals surface area contributed by atoms with E-state index >= 15 is 0 Å². The number of carbonyl (C=O) groups excluding carboxylic acids is 2. The highest BCUT2D eigenvalue weighted by Crippen LogP contribution is 2.42. The maximum absolute atomic E-state index is 12.1. The Hall–Kier alpha value is -2.29. The van der Waals surface area contributed by atoms with E-state index in [4.69, 9.17) is 13.8 Å². The van der Waals surface area contributed by atoms with E-state index in [0.717, 1.165) is 96.3 Å². The Balaban J connectivity index is 3.65. The van der Waals surface area contributed by atoms with Crippen molar-refractivity contribution in [2.24, 2.45) is 0 Å². The van der Waals surface area contributed by atoms with Gasteiger partial charge in [-0.2, -0.15) is 0 Å². The van der Waals surface area contributed by atoms with Crippen LogP contribution < -0.4 is 5.32 Å². The van der Waals surface area contributed by atoms with Crippen molar-refractivity contribution < 1.29 is 37.9 Å². The minimum atomic E-state index is -4.42. The molecule has 2 unspecified atom stereocenters. The van der Waals surface area contributed by atoms with Crippen molar-refractivity contribution in [2.45, 2.75) is 174 Å². The van der Waals surface area contributed by atoms with E-state index in [2.05, 4.69) is 79.9 Å². The summed E-state index contributed by atoms with van der Waals surface area (Å²) in [6.45, 7) is 3.41. The first kappa shape index (κ1) is 50.7. The molecular weight excluding hydrogens is 689 g/mol. The summed E-state index contributed by atoms with van der Waals surface area (Å²) < 4.78 is 26.8. The predicted octanol–water partition coefficient (Wildman–Crippen LogP) is 11.3. The van der Waals surface area contributed by atoms with Crippen LogP contribution in [0.1, 0.15) is 168 Å². The SMILES string of the molecule is CCC/C=C\C/C=C\CCCCCCCC(=O)OCC(O)COP(=O)(O)OCCNC(=O)CCCCCCCC/C=C\C/C=C\C/C=C\CCCCC. The number of nitrogens with one attached hydrogen (secondary N) is 1. The van der Waals surface area contributed by atoms with E-state index in [1.807, 2.05) is 0 Å². The Morgan fingerprint density at radius 2 is 1.06 bits per heavy atom. The third-order valence-electron chi connectivity index (χ3n) is 8.40. The van der Waals surface area contributed by atoms with Gasteiger partial charge in [-0.25, -0.2) is 4.57 Å². The Morgan fingerprint density at radius 3 is 1.60 bits per heavy atom. The van der Waals surface area contributed by atoms with Crippen molar-refractivity contribution >= 4 is 19.7 Å². The second kappa shape index (κ2) is 39.4. The lowest BCUT2D eigenvalue weighted by molar-refractivity contribution is -0.147. The number of hydrogen-bond donors (Lipinski definition) is 3. The number of phosphoric acid groups is 1. The number of phosphoric ester groups is 1. The number of ether oxygens (including phenoxy) is 1. The lowest BCUT2D eigenvalue weighted by Crippen LogP contribution is -2.27. The summed E-state index contributed by atoms with van der Waals surface area (Å²) in [4.78, 5) is 33.8. The van der Waals surface area contributed by atoms with Crippen LogP contribution in [-0.4, -0.2) is 54.3 Å². The van der Waals surface area contributed by atoms with Crippen LogP contribution in [0, 0.1) is 0 Å². The average Bonchev–Trinajstić information content (AvgIpc) is 3.14. The van der Waals surface area contributed by atoms with Crippen LogP contribution in [-0.2, 0) is 27.9 Å². The Kier molecular flexibility index (Phi) is 37.7. The van der Waals surface area contributed by atoms with Gasteiger partial charge in [-0.05, 0) is 77.0 Å². The van der Waals surface area contributed by atoms with Crippen molar-refractivity contribution in [2.75, 3.05) is 26.4 Å². The molecule has 0 fully saturated rings. The van der Waals surface area contributed by atoms with E-state index < -0.39 is 26.5 Å². The van der Waals surface area contributed by atoms with Gasteiger partial charge in [-0.15, -0.1) is 0 Å². The molecule has 306 valence electrons. The molecule has 0 saturated carbocycles. The Morgan fingerprint density at radius 1 is 0.585 bits per heavy atom. The lowest BCUT2D eigenvalue weighted by atomic mass is 10.1. The molecule has 10 heteroatoms. The minimum Gasteiger partial charge on any atom is -0.463 e. The third kappa shape index (κ3) is 40.7. The summed E-state index contributed by atoms with van der Waals surface area (Å²) in [5, 5.41) is 12.7. The van der Waals surface area contributed by atoms with Crippen LogP contribution in [0.25, 0.3) is 0 Å². The molecular formula is C43H76NO8P. The summed E-state index contributed by atoms with van der Waals surface area (Å²) in [6.07, 6.45) is 45.7. The second-order valence-electron chi connectivity index (χ2n) is 13.6. The van der Waals surface area contributed by atoms with Crippen molar-refractivity contribution in [3.05, 3.63) is 60.8 Å². The van der Waals surface area contributed by atoms with Gasteiger partial charge in [0.25, 0.3) is 0 Å². The molecule has 0 aromatic carbocycles. The molecule has 9 nitrogen and oxygen atoms in total. The number of amides is 1. The number of carbonyl (C=O) groups is 2. The van der Waals surface area contributed by atoms with Gasteiger partial charge in [0, 0.05) is 19.4 Å². The maximum atomic E-state index is 12.1. The maximum Gasteiger partial charge on any atom is 0.472 e. The number of aliphatic hydroxyl groups is 1. The molecule has 0 aliphatic rings. The molecule has 1 amide bonds. The summed E-state index contributed by atoms with van der Waals surface area (Å²) in [5.74, 6) is -0.548. The normalized spacial score (nSPS) is 14.0. The van der Waals surface area contributed by atoms with Crippen LogP contribution in [0.4, 0.5) is 0 Å². The fourth-order valence-corrected chi connectivity index (χ4v) is 6.00. The smallest absolute Gasteiger partial charge is 0.463 e. The third-order valence-corrected chi connectivity index (χ3v) is 9.39. The van der Waals surface area contributed by atoms with E-state index in [9.17, 15) is 24.2 Å². The van der Waals surface area contributed by atoms with Gasteiger partial charge in [0.2, 0.25) is 5.91 Å². The molecule has 0 aliphatic heterocycles. The first-order valence-electron chi connectivity index (χ1n) is 20.8. The molecule has 0 spiro atoms. The zero-order chi connectivity index (χ0) is 38.9. The number of aliphatic hydroxyl groups excluding tert-OH is 1. The summed E-state index contributed by atoms with van der Waals surface area (Å²) in [7, 11) is -4.42. The van der Waals surface area contributed by atoms with Gasteiger partial charge in [0.05, 0.1) is 13.2 Å². The molecule has 53 heavy (non-hydrogen) atoms. The number of hydrogen-bond acceptors (Lipinski definition) is 7. The van der Waals surface area contributed by atoms with Crippen molar-refractivity contribution in [1.82, 2.24) is 5.32 Å². The van der Waals surface area contributed by atoms with Gasteiger partial charge < -0.3 is 20.1 Å². The van der Waals surface area contributed by atoms with Crippen molar-refractivity contribution in [3.8, 4) is 0 Å². The molecule has 2 atom stereocenters. The molecule has 0 heterocycles. The van der Waals surface area contributed by atoms with Crippen LogP contribution >= 0.6 is 7.82 Å². The first-order chi connectivity index (χ1) is 25.8. The van der Waals surface area contributed by atoms with E-state index in [0.29, 0.717) is 6.42 Å². The van der Waals surface area contributed by atoms with Crippen LogP contribution in [0.2, 0.25) is 0 Å². The quantitative estimate of drug-likeness (QED) is 0.0245. The van der Waals surface area contributed by atoms with E-state index in [1.165, 1.54) is 44.9 Å². The minimum absolute atomic E-state index is 0.0699. The Labute approximate surface area is 323 Å². The van der Waals surface area contributed by atoms with Crippen LogP contribution in [0.3, 0.4) is 0 Å². The predicted molar refractivity (Wildman–Crippen MR) is 220 cm³/mol. The highest BCUT2D eigenvalue weighted by Gasteiger charge is 2.23. The molecule has 0 aromatic heterocycles. The molecule has 0 bridgehead atoms. The Bertz CT molecular complexity index is 1050. The van der Waals surface area contributed by atoms with Crippen LogP contribution in [0.5, 0.6) is 0 Å².